The number of carbonyl (C=O) groups is 2. The molecule has 1 N–H and O–H groups in total. The number of carbonyl (C=O) groups excluding carboxylic acids is 2. The first kappa shape index (κ1) is 19.3. The van der Waals surface area contributed by atoms with Gasteiger partial charge in [0, 0.05) is 4.47 Å². The number of nitrogens with zero attached hydrogens (tertiary/aromatic N) is 2. The second-order valence-electron chi connectivity index (χ2n) is 5.76. The maximum atomic E-state index is 14.2. The lowest BCUT2D eigenvalue weighted by molar-refractivity contribution is -0.168. The molecule has 1 aliphatic heterocycles. The highest BCUT2D eigenvalue weighted by Crippen LogP contribution is 2.37. The van der Waals surface area contributed by atoms with Crippen LogP contribution in [0.4, 0.5) is 17.6 Å². The Kier molecular flexibility index (Phi) is 4.96. The molecule has 1 saturated heterocycles. The summed E-state index contributed by atoms with van der Waals surface area (Å²) in [5.41, 5.74) is -2.39. The van der Waals surface area contributed by atoms with E-state index >= 15 is 0 Å². The maximum absolute atomic E-state index is 14.2. The SMILES string of the molecule is O=C1CN(C(=O)c2c(F)cccc2C(F)(F)F)C(c2cccc(Br)c2)N1O. The highest BCUT2D eigenvalue weighted by atomic mass is 79.9. The first-order valence-corrected chi connectivity index (χ1v) is 8.33. The van der Waals surface area contributed by atoms with E-state index in [9.17, 15) is 32.4 Å². The molecule has 0 saturated carbocycles. The molecule has 3 rings (SSSR count). The standard InChI is InChI=1S/C17H11BrF4N2O3/c18-10-4-1-3-9(7-10)15-23(8-13(25)24(15)27)16(26)14-11(17(20,21)22)5-2-6-12(14)19/h1-7,15,27H,8H2. The van der Waals surface area contributed by atoms with Gasteiger partial charge in [-0.15, -0.1) is 0 Å². The summed E-state index contributed by atoms with van der Waals surface area (Å²) in [5, 5.41) is 10.3. The molecule has 1 heterocycles. The summed E-state index contributed by atoms with van der Waals surface area (Å²) in [7, 11) is 0. The van der Waals surface area contributed by atoms with E-state index in [1.165, 1.54) is 12.1 Å². The second kappa shape index (κ2) is 6.93. The molecule has 2 aromatic carbocycles. The van der Waals surface area contributed by atoms with Crippen LogP contribution in [-0.4, -0.2) is 33.5 Å². The van der Waals surface area contributed by atoms with Crippen molar-refractivity contribution >= 4 is 27.7 Å². The molecule has 0 aliphatic carbocycles. The van der Waals surface area contributed by atoms with Crippen LogP contribution in [0.5, 0.6) is 0 Å². The molecule has 10 heteroatoms. The number of rotatable bonds is 2. The number of benzene rings is 2. The van der Waals surface area contributed by atoms with Gasteiger partial charge in [0.15, 0.2) is 6.17 Å². The van der Waals surface area contributed by atoms with E-state index in [0.717, 1.165) is 12.1 Å². The second-order valence-corrected chi connectivity index (χ2v) is 6.68. The third-order valence-electron chi connectivity index (χ3n) is 4.03. The van der Waals surface area contributed by atoms with Crippen molar-refractivity contribution in [1.29, 1.82) is 0 Å². The molecule has 0 radical (unpaired) electrons. The van der Waals surface area contributed by atoms with Gasteiger partial charge in [0.1, 0.15) is 12.4 Å². The molecule has 1 fully saturated rings. The summed E-state index contributed by atoms with van der Waals surface area (Å²) in [6, 6.07) is 8.32. The Morgan fingerprint density at radius 1 is 1.19 bits per heavy atom. The van der Waals surface area contributed by atoms with Crippen molar-refractivity contribution in [2.24, 2.45) is 0 Å². The first-order valence-electron chi connectivity index (χ1n) is 7.54. The molecule has 142 valence electrons. The fraction of sp³-hybridized carbons (Fsp3) is 0.176. The average Bonchev–Trinajstić information content (AvgIpc) is 2.88. The van der Waals surface area contributed by atoms with Crippen LogP contribution in [0.25, 0.3) is 0 Å². The van der Waals surface area contributed by atoms with Crippen molar-refractivity contribution in [3.8, 4) is 0 Å². The van der Waals surface area contributed by atoms with Crippen LogP contribution in [0.15, 0.2) is 46.9 Å². The minimum absolute atomic E-state index is 0.244. The van der Waals surface area contributed by atoms with Crippen molar-refractivity contribution in [2.75, 3.05) is 6.54 Å². The van der Waals surface area contributed by atoms with Gasteiger partial charge in [-0.25, -0.2) is 4.39 Å². The highest BCUT2D eigenvalue weighted by molar-refractivity contribution is 9.10. The first-order chi connectivity index (χ1) is 12.6. The van der Waals surface area contributed by atoms with Crippen LogP contribution in [0.3, 0.4) is 0 Å². The van der Waals surface area contributed by atoms with Gasteiger partial charge in [0.05, 0.1) is 11.1 Å². The largest absolute Gasteiger partial charge is 0.417 e. The smallest absolute Gasteiger partial charge is 0.302 e. The predicted octanol–water partition coefficient (Wildman–Crippen LogP) is 3.98. The van der Waals surface area contributed by atoms with Crippen LogP contribution in [0.2, 0.25) is 0 Å². The Balaban J connectivity index is 2.10. The molecule has 5 nitrogen and oxygen atoms in total. The molecule has 0 bridgehead atoms. The third-order valence-corrected chi connectivity index (χ3v) is 4.52. The minimum atomic E-state index is -4.97. The monoisotopic (exact) mass is 446 g/mol. The molecule has 2 aromatic rings. The third kappa shape index (κ3) is 3.54. The van der Waals surface area contributed by atoms with E-state index in [2.05, 4.69) is 15.9 Å². The number of hydrogen-bond donors (Lipinski definition) is 1. The fourth-order valence-electron chi connectivity index (χ4n) is 2.87. The van der Waals surface area contributed by atoms with Crippen molar-refractivity contribution in [1.82, 2.24) is 9.96 Å². The van der Waals surface area contributed by atoms with Crippen LogP contribution in [-0.2, 0) is 11.0 Å². The van der Waals surface area contributed by atoms with Crippen LogP contribution >= 0.6 is 15.9 Å². The summed E-state index contributed by atoms with van der Waals surface area (Å²) in [6.45, 7) is -0.696. The molecular formula is C17H11BrF4N2O3. The fourth-order valence-corrected chi connectivity index (χ4v) is 3.28. The van der Waals surface area contributed by atoms with E-state index in [1.807, 2.05) is 0 Å². The van der Waals surface area contributed by atoms with Crippen LogP contribution in [0, 0.1) is 5.82 Å². The number of hydrogen-bond acceptors (Lipinski definition) is 3. The Bertz CT molecular complexity index is 919. The number of hydroxylamine groups is 2. The summed E-state index contributed by atoms with van der Waals surface area (Å²) in [4.78, 5) is 25.4. The van der Waals surface area contributed by atoms with Gasteiger partial charge in [-0.1, -0.05) is 34.1 Å². The normalized spacial score (nSPS) is 17.6. The molecule has 1 aliphatic rings. The van der Waals surface area contributed by atoms with Gasteiger partial charge in [0.2, 0.25) is 0 Å². The number of halogens is 5. The molecule has 0 spiro atoms. The maximum Gasteiger partial charge on any atom is 0.417 e. The molecule has 1 atom stereocenters. The van der Waals surface area contributed by atoms with Gasteiger partial charge in [-0.2, -0.15) is 18.2 Å². The average molecular weight is 447 g/mol. The van der Waals surface area contributed by atoms with Gasteiger partial charge in [0.25, 0.3) is 11.8 Å². The molecule has 2 amide bonds. The van der Waals surface area contributed by atoms with Crippen LogP contribution < -0.4 is 0 Å². The molecule has 27 heavy (non-hydrogen) atoms. The lowest BCUT2D eigenvalue weighted by Crippen LogP contribution is -2.36. The topological polar surface area (TPSA) is 60.9 Å². The number of alkyl halides is 3. The predicted molar refractivity (Wildman–Crippen MR) is 88.0 cm³/mol. The van der Waals surface area contributed by atoms with E-state index in [0.29, 0.717) is 15.4 Å². The van der Waals surface area contributed by atoms with Crippen LogP contribution in [0.1, 0.15) is 27.7 Å². The molecular weight excluding hydrogens is 436 g/mol. The quantitative estimate of drug-likeness (QED) is 0.560. The van der Waals surface area contributed by atoms with Crippen molar-refractivity contribution in [3.05, 3.63) is 69.4 Å². The Hall–Kier alpha value is -2.46. The molecule has 1 unspecified atom stereocenters. The van der Waals surface area contributed by atoms with Gasteiger partial charge < -0.3 is 4.90 Å². The molecule has 0 aromatic heterocycles. The van der Waals surface area contributed by atoms with Gasteiger partial charge in [-0.3, -0.25) is 14.8 Å². The minimum Gasteiger partial charge on any atom is -0.302 e. The van der Waals surface area contributed by atoms with E-state index in [1.54, 1.807) is 12.1 Å². The lowest BCUT2D eigenvalue weighted by atomic mass is 10.0. The summed E-state index contributed by atoms with van der Waals surface area (Å²) >= 11 is 3.20. The summed E-state index contributed by atoms with van der Waals surface area (Å²) < 4.78 is 54.4. The zero-order chi connectivity index (χ0) is 19.9. The lowest BCUT2D eigenvalue weighted by Gasteiger charge is -2.27. The van der Waals surface area contributed by atoms with E-state index in [4.69, 9.17) is 0 Å². The Labute approximate surface area is 158 Å². The van der Waals surface area contributed by atoms with Gasteiger partial charge in [-0.05, 0) is 29.8 Å². The highest BCUT2D eigenvalue weighted by Gasteiger charge is 2.45. The van der Waals surface area contributed by atoms with E-state index in [-0.39, 0.29) is 10.6 Å². The zero-order valence-electron chi connectivity index (χ0n) is 13.4. The summed E-state index contributed by atoms with van der Waals surface area (Å²) in [6.07, 6.45) is -6.36. The van der Waals surface area contributed by atoms with E-state index < -0.39 is 47.6 Å². The summed E-state index contributed by atoms with van der Waals surface area (Å²) in [5.74, 6) is -3.62. The number of amides is 2. The van der Waals surface area contributed by atoms with Crippen molar-refractivity contribution in [2.45, 2.75) is 12.3 Å². The Morgan fingerprint density at radius 3 is 2.48 bits per heavy atom. The van der Waals surface area contributed by atoms with Crippen molar-refractivity contribution < 1.29 is 32.4 Å². The van der Waals surface area contributed by atoms with Crippen molar-refractivity contribution in [3.63, 3.8) is 0 Å². The van der Waals surface area contributed by atoms with Gasteiger partial charge >= 0.3 is 6.18 Å². The Morgan fingerprint density at radius 2 is 1.85 bits per heavy atom. The zero-order valence-corrected chi connectivity index (χ0v) is 15.0.